The van der Waals surface area contributed by atoms with Gasteiger partial charge in [-0.3, -0.25) is 0 Å². The third-order valence-corrected chi connectivity index (χ3v) is 6.08. The molecule has 0 radical (unpaired) electrons. The lowest BCUT2D eigenvalue weighted by atomic mass is 10.3. The van der Waals surface area contributed by atoms with Crippen molar-refractivity contribution in [2.24, 2.45) is 0 Å². The molecule has 9 heteroatoms. The minimum atomic E-state index is -3.84. The van der Waals surface area contributed by atoms with Gasteiger partial charge in [-0.25, -0.2) is 17.8 Å². The first kappa shape index (κ1) is 16.2. The molecular formula is C14H15FN2O4S2. The zero-order chi connectivity index (χ0) is 16.4. The fourth-order valence-corrected chi connectivity index (χ4v) is 4.62. The highest BCUT2D eigenvalue weighted by Gasteiger charge is 2.35. The molecule has 3 rings (SSSR count). The highest BCUT2D eigenvalue weighted by Crippen LogP contribution is 2.30. The number of ether oxygens (including phenoxy) is 2. The van der Waals surface area contributed by atoms with Gasteiger partial charge in [0, 0.05) is 18.1 Å². The number of halogens is 1. The molecule has 1 aliphatic heterocycles. The zero-order valence-electron chi connectivity index (χ0n) is 12.3. The first-order chi connectivity index (χ1) is 11.0. The Morgan fingerprint density at radius 2 is 2.26 bits per heavy atom. The summed E-state index contributed by atoms with van der Waals surface area (Å²) in [5.74, 6) is -0.505. The Balaban J connectivity index is 1.80. The lowest BCUT2D eigenvalue weighted by Gasteiger charge is -2.18. The normalized spacial score (nSPS) is 19.0. The number of aromatic nitrogens is 1. The van der Waals surface area contributed by atoms with Gasteiger partial charge in [0.15, 0.2) is 0 Å². The molecule has 0 aliphatic carbocycles. The molecule has 1 atom stereocenters. The fourth-order valence-electron chi connectivity index (χ4n) is 2.41. The molecule has 2 aromatic rings. The van der Waals surface area contributed by atoms with Crippen LogP contribution in [0.5, 0.6) is 10.9 Å². The smallest absolute Gasteiger partial charge is 0.273 e. The van der Waals surface area contributed by atoms with Crippen molar-refractivity contribution in [2.45, 2.75) is 17.4 Å². The van der Waals surface area contributed by atoms with Gasteiger partial charge in [0.2, 0.25) is 10.0 Å². The predicted molar refractivity (Wildman–Crippen MR) is 82.9 cm³/mol. The Labute approximate surface area is 137 Å². The molecule has 23 heavy (non-hydrogen) atoms. The number of thiazole rings is 1. The molecule has 0 amide bonds. The van der Waals surface area contributed by atoms with E-state index in [1.165, 1.54) is 28.8 Å². The van der Waals surface area contributed by atoms with Crippen LogP contribution < -0.4 is 9.47 Å². The Morgan fingerprint density at radius 1 is 1.43 bits per heavy atom. The van der Waals surface area contributed by atoms with E-state index in [9.17, 15) is 12.8 Å². The quantitative estimate of drug-likeness (QED) is 0.819. The van der Waals surface area contributed by atoms with E-state index >= 15 is 0 Å². The molecule has 1 unspecified atom stereocenters. The molecule has 124 valence electrons. The van der Waals surface area contributed by atoms with Gasteiger partial charge in [-0.2, -0.15) is 4.31 Å². The maximum Gasteiger partial charge on any atom is 0.273 e. The second-order valence-electron chi connectivity index (χ2n) is 4.98. The van der Waals surface area contributed by atoms with Crippen molar-refractivity contribution in [3.63, 3.8) is 0 Å². The number of hydrogen-bond acceptors (Lipinski definition) is 6. The molecule has 0 N–H and O–H groups in total. The summed E-state index contributed by atoms with van der Waals surface area (Å²) in [6.45, 7) is 0.500. The first-order valence-corrected chi connectivity index (χ1v) is 9.22. The van der Waals surface area contributed by atoms with Crippen LogP contribution in [0.2, 0.25) is 0 Å². The van der Waals surface area contributed by atoms with Crippen LogP contribution in [0.1, 0.15) is 6.42 Å². The van der Waals surface area contributed by atoms with E-state index < -0.39 is 15.8 Å². The van der Waals surface area contributed by atoms with E-state index in [2.05, 4.69) is 4.98 Å². The van der Waals surface area contributed by atoms with Crippen LogP contribution in [-0.2, 0) is 10.0 Å². The molecular weight excluding hydrogens is 343 g/mol. The maximum atomic E-state index is 13.5. The third-order valence-electron chi connectivity index (χ3n) is 3.53. The highest BCUT2D eigenvalue weighted by atomic mass is 32.2. The lowest BCUT2D eigenvalue weighted by Crippen LogP contribution is -2.31. The predicted octanol–water partition coefficient (Wildman–Crippen LogP) is 2.13. The van der Waals surface area contributed by atoms with Gasteiger partial charge in [0.25, 0.3) is 5.19 Å². The number of rotatable bonds is 5. The van der Waals surface area contributed by atoms with Crippen LogP contribution in [0.3, 0.4) is 0 Å². The molecule has 1 aromatic heterocycles. The number of benzene rings is 1. The SMILES string of the molecule is COc1ccc(F)cc1S(=O)(=O)N1CCC(Oc2nccs2)C1. The minimum Gasteiger partial charge on any atom is -0.495 e. The van der Waals surface area contributed by atoms with Gasteiger partial charge in [-0.05, 0) is 24.6 Å². The summed E-state index contributed by atoms with van der Waals surface area (Å²) in [5.41, 5.74) is 0. The summed E-state index contributed by atoms with van der Waals surface area (Å²) in [5, 5.41) is 2.30. The lowest BCUT2D eigenvalue weighted by molar-refractivity contribution is 0.214. The fraction of sp³-hybridized carbons (Fsp3) is 0.357. The number of sulfonamides is 1. The Morgan fingerprint density at radius 3 is 2.96 bits per heavy atom. The number of nitrogens with zero attached hydrogens (tertiary/aromatic N) is 2. The summed E-state index contributed by atoms with van der Waals surface area (Å²) in [6.07, 6.45) is 1.91. The van der Waals surface area contributed by atoms with Gasteiger partial charge < -0.3 is 9.47 Å². The topological polar surface area (TPSA) is 68.7 Å². The number of methoxy groups -OCH3 is 1. The van der Waals surface area contributed by atoms with Crippen LogP contribution in [0.4, 0.5) is 4.39 Å². The number of hydrogen-bond donors (Lipinski definition) is 0. The second kappa shape index (κ2) is 6.42. The monoisotopic (exact) mass is 358 g/mol. The molecule has 1 saturated heterocycles. The molecule has 1 aliphatic rings. The highest BCUT2D eigenvalue weighted by molar-refractivity contribution is 7.89. The van der Waals surface area contributed by atoms with Crippen molar-refractivity contribution in [1.29, 1.82) is 0 Å². The standard InChI is InChI=1S/C14H15FN2O4S2/c1-20-12-3-2-10(15)8-13(12)23(18,19)17-6-4-11(9-17)21-14-16-5-7-22-14/h2-3,5,7-8,11H,4,6,9H2,1H3. The zero-order valence-corrected chi connectivity index (χ0v) is 13.9. The van der Waals surface area contributed by atoms with Crippen LogP contribution in [0.15, 0.2) is 34.7 Å². The van der Waals surface area contributed by atoms with Crippen LogP contribution in [-0.4, -0.2) is 44.0 Å². The third kappa shape index (κ3) is 3.31. The average molecular weight is 358 g/mol. The van der Waals surface area contributed by atoms with E-state index in [1.54, 1.807) is 11.6 Å². The minimum absolute atomic E-state index is 0.121. The van der Waals surface area contributed by atoms with Gasteiger partial charge >= 0.3 is 0 Å². The van der Waals surface area contributed by atoms with Crippen molar-refractivity contribution in [3.8, 4) is 10.9 Å². The molecule has 1 aromatic carbocycles. The molecule has 2 heterocycles. The van der Waals surface area contributed by atoms with E-state index in [0.717, 1.165) is 12.1 Å². The Kier molecular flexibility index (Phi) is 4.51. The van der Waals surface area contributed by atoms with Crippen LogP contribution in [0.25, 0.3) is 0 Å². The van der Waals surface area contributed by atoms with Gasteiger partial charge in [0.05, 0.1) is 13.7 Å². The Bertz CT molecular complexity index is 780. The molecule has 0 bridgehead atoms. The second-order valence-corrected chi connectivity index (χ2v) is 7.75. The Hall–Kier alpha value is -1.71. The van der Waals surface area contributed by atoms with Gasteiger partial charge in [-0.15, -0.1) is 0 Å². The first-order valence-electron chi connectivity index (χ1n) is 6.90. The average Bonchev–Trinajstić information content (AvgIpc) is 3.20. The van der Waals surface area contributed by atoms with E-state index in [1.807, 2.05) is 0 Å². The molecule has 1 fully saturated rings. The van der Waals surface area contributed by atoms with Crippen molar-refractivity contribution in [3.05, 3.63) is 35.6 Å². The van der Waals surface area contributed by atoms with E-state index in [4.69, 9.17) is 9.47 Å². The van der Waals surface area contributed by atoms with Gasteiger partial charge in [-0.1, -0.05) is 11.3 Å². The molecule has 6 nitrogen and oxygen atoms in total. The van der Waals surface area contributed by atoms with E-state index in [0.29, 0.717) is 18.2 Å². The van der Waals surface area contributed by atoms with E-state index in [-0.39, 0.29) is 23.3 Å². The molecule has 0 spiro atoms. The van der Waals surface area contributed by atoms with Crippen LogP contribution in [0, 0.1) is 5.82 Å². The summed E-state index contributed by atoms with van der Waals surface area (Å²) < 4.78 is 50.9. The summed E-state index contributed by atoms with van der Waals surface area (Å²) in [6, 6.07) is 3.45. The van der Waals surface area contributed by atoms with Crippen molar-refractivity contribution in [2.75, 3.05) is 20.2 Å². The maximum absolute atomic E-state index is 13.5. The summed E-state index contributed by atoms with van der Waals surface area (Å²) in [4.78, 5) is 3.85. The summed E-state index contributed by atoms with van der Waals surface area (Å²) in [7, 11) is -2.49. The van der Waals surface area contributed by atoms with Crippen molar-refractivity contribution >= 4 is 21.4 Å². The van der Waals surface area contributed by atoms with Crippen molar-refractivity contribution in [1.82, 2.24) is 9.29 Å². The summed E-state index contributed by atoms with van der Waals surface area (Å²) >= 11 is 1.35. The van der Waals surface area contributed by atoms with Gasteiger partial charge in [0.1, 0.15) is 22.6 Å². The largest absolute Gasteiger partial charge is 0.495 e. The van der Waals surface area contributed by atoms with Crippen molar-refractivity contribution < 1.29 is 22.3 Å². The van der Waals surface area contributed by atoms with Crippen LogP contribution >= 0.6 is 11.3 Å². The molecule has 0 saturated carbocycles.